The molecule has 0 spiro atoms. The molecule has 2 aromatic heterocycles. The molecular formula is C23H20Cl2N6O4. The van der Waals surface area contributed by atoms with Crippen LogP contribution in [0, 0.1) is 30.9 Å². The van der Waals surface area contributed by atoms with Gasteiger partial charge in [0, 0.05) is 23.4 Å². The summed E-state index contributed by atoms with van der Waals surface area (Å²) in [7, 11) is 0. The van der Waals surface area contributed by atoms with Crippen molar-refractivity contribution in [3.8, 4) is 11.5 Å². The normalized spacial score (nSPS) is 10.9. The molecule has 10 nitrogen and oxygen atoms in total. The second-order valence-electron chi connectivity index (χ2n) is 7.80. The minimum Gasteiger partial charge on any atom is -0.457 e. The van der Waals surface area contributed by atoms with Crippen LogP contribution in [0.1, 0.15) is 27.4 Å². The van der Waals surface area contributed by atoms with Gasteiger partial charge in [0.1, 0.15) is 18.2 Å². The van der Waals surface area contributed by atoms with E-state index in [4.69, 9.17) is 27.9 Å². The van der Waals surface area contributed by atoms with Crippen LogP contribution in [0.15, 0.2) is 48.7 Å². The maximum atomic E-state index is 12.8. The van der Waals surface area contributed by atoms with Crippen molar-refractivity contribution in [2.45, 2.75) is 27.4 Å². The number of aromatic nitrogens is 4. The number of ether oxygens (including phenoxy) is 1. The molecule has 180 valence electrons. The Kier molecular flexibility index (Phi) is 6.77. The van der Waals surface area contributed by atoms with Gasteiger partial charge in [-0.3, -0.25) is 19.6 Å². The van der Waals surface area contributed by atoms with Crippen molar-refractivity contribution in [2.24, 2.45) is 0 Å². The highest BCUT2D eigenvalue weighted by atomic mass is 35.5. The molecule has 1 N–H and O–H groups in total. The molecule has 0 aliphatic heterocycles. The minimum absolute atomic E-state index is 0.125. The van der Waals surface area contributed by atoms with E-state index in [1.165, 1.54) is 28.9 Å². The zero-order chi connectivity index (χ0) is 25.3. The van der Waals surface area contributed by atoms with Crippen LogP contribution in [0.25, 0.3) is 0 Å². The Morgan fingerprint density at radius 1 is 1.11 bits per heavy atom. The zero-order valence-corrected chi connectivity index (χ0v) is 20.5. The van der Waals surface area contributed by atoms with E-state index in [1.807, 2.05) is 6.92 Å². The van der Waals surface area contributed by atoms with Crippen molar-refractivity contribution in [2.75, 3.05) is 5.32 Å². The number of nitro benzene ring substituents is 1. The van der Waals surface area contributed by atoms with E-state index in [1.54, 1.807) is 42.9 Å². The molecule has 0 saturated carbocycles. The molecule has 0 aliphatic carbocycles. The summed E-state index contributed by atoms with van der Waals surface area (Å²) in [5, 5.41) is 23.8. The van der Waals surface area contributed by atoms with Crippen LogP contribution in [0.3, 0.4) is 0 Å². The van der Waals surface area contributed by atoms with Crippen molar-refractivity contribution < 1.29 is 14.5 Å². The number of halogens is 2. The number of non-ortho nitro benzene ring substituents is 1. The first-order chi connectivity index (χ1) is 16.6. The average Bonchev–Trinajstić information content (AvgIpc) is 3.36. The smallest absolute Gasteiger partial charge is 0.276 e. The Bertz CT molecular complexity index is 1450. The van der Waals surface area contributed by atoms with Gasteiger partial charge in [-0.1, -0.05) is 23.2 Å². The standard InChI is InChI=1S/C23H20Cl2N6O4/c1-13-8-16(24)4-5-21(13)35-19-10-17(9-18(11-19)31(33)34)26-23(32)20-6-7-29(28-20)12-30-15(3)22(25)14(2)27-30/h4-11H,12H2,1-3H3,(H,26,32). The van der Waals surface area contributed by atoms with Gasteiger partial charge in [0.2, 0.25) is 0 Å². The van der Waals surface area contributed by atoms with Gasteiger partial charge in [-0.15, -0.1) is 0 Å². The Hall–Kier alpha value is -3.89. The zero-order valence-electron chi connectivity index (χ0n) is 19.0. The molecule has 0 bridgehead atoms. The predicted molar refractivity (Wildman–Crippen MR) is 132 cm³/mol. The summed E-state index contributed by atoms with van der Waals surface area (Å²) in [6, 6.07) is 10.6. The van der Waals surface area contributed by atoms with E-state index < -0.39 is 10.8 Å². The number of carbonyl (C=O) groups excluding carboxylic acids is 1. The molecule has 2 heterocycles. The maximum absolute atomic E-state index is 12.8. The number of anilines is 1. The molecule has 0 aliphatic rings. The van der Waals surface area contributed by atoms with Crippen LogP contribution in [-0.2, 0) is 6.67 Å². The monoisotopic (exact) mass is 514 g/mol. The number of nitrogens with one attached hydrogen (secondary N) is 1. The molecule has 4 aromatic rings. The fraction of sp³-hybridized carbons (Fsp3) is 0.174. The van der Waals surface area contributed by atoms with E-state index in [9.17, 15) is 14.9 Å². The highest BCUT2D eigenvalue weighted by Crippen LogP contribution is 2.32. The van der Waals surface area contributed by atoms with Crippen molar-refractivity contribution in [1.29, 1.82) is 0 Å². The Morgan fingerprint density at radius 2 is 1.89 bits per heavy atom. The average molecular weight is 515 g/mol. The van der Waals surface area contributed by atoms with E-state index in [-0.39, 0.29) is 29.5 Å². The van der Waals surface area contributed by atoms with E-state index in [2.05, 4.69) is 15.5 Å². The number of hydrogen-bond donors (Lipinski definition) is 1. The second kappa shape index (κ2) is 9.77. The van der Waals surface area contributed by atoms with Gasteiger partial charge in [0.05, 0.1) is 33.1 Å². The Morgan fingerprint density at radius 3 is 2.54 bits per heavy atom. The molecule has 1 amide bonds. The fourth-order valence-corrected chi connectivity index (χ4v) is 3.74. The van der Waals surface area contributed by atoms with Crippen molar-refractivity contribution in [3.05, 3.63) is 91.5 Å². The third-order valence-electron chi connectivity index (χ3n) is 5.17. The first-order valence-electron chi connectivity index (χ1n) is 10.4. The van der Waals surface area contributed by atoms with Gasteiger partial charge in [-0.25, -0.2) is 4.68 Å². The van der Waals surface area contributed by atoms with E-state index >= 15 is 0 Å². The third kappa shape index (κ3) is 5.44. The summed E-state index contributed by atoms with van der Waals surface area (Å²) in [5.74, 6) is 0.131. The summed E-state index contributed by atoms with van der Waals surface area (Å²) >= 11 is 12.2. The lowest BCUT2D eigenvalue weighted by molar-refractivity contribution is -0.384. The van der Waals surface area contributed by atoms with E-state index in [0.29, 0.717) is 21.5 Å². The van der Waals surface area contributed by atoms with Crippen LogP contribution in [0.4, 0.5) is 11.4 Å². The van der Waals surface area contributed by atoms with Gasteiger partial charge in [-0.05, 0) is 50.6 Å². The molecule has 12 heteroatoms. The van der Waals surface area contributed by atoms with Gasteiger partial charge < -0.3 is 10.1 Å². The fourth-order valence-electron chi connectivity index (χ4n) is 3.38. The molecule has 4 rings (SSSR count). The second-order valence-corrected chi connectivity index (χ2v) is 8.62. The summed E-state index contributed by atoms with van der Waals surface area (Å²) in [5.41, 5.74) is 2.31. The number of nitro groups is 1. The summed E-state index contributed by atoms with van der Waals surface area (Å²) in [6.45, 7) is 5.71. The number of rotatable bonds is 7. The SMILES string of the molecule is Cc1cc(Cl)ccc1Oc1cc(NC(=O)c2ccn(Cn3nc(C)c(Cl)c3C)n2)cc([N+](=O)[O-])c1. The summed E-state index contributed by atoms with van der Waals surface area (Å²) in [6.07, 6.45) is 1.63. The van der Waals surface area contributed by atoms with Gasteiger partial charge in [0.15, 0.2) is 5.69 Å². The van der Waals surface area contributed by atoms with Crippen molar-refractivity contribution >= 4 is 40.5 Å². The van der Waals surface area contributed by atoms with Crippen LogP contribution >= 0.6 is 23.2 Å². The summed E-state index contributed by atoms with van der Waals surface area (Å²) in [4.78, 5) is 23.7. The molecule has 0 unspecified atom stereocenters. The van der Waals surface area contributed by atoms with Crippen LogP contribution in [-0.4, -0.2) is 30.4 Å². The van der Waals surface area contributed by atoms with Crippen LogP contribution in [0.2, 0.25) is 10.0 Å². The van der Waals surface area contributed by atoms with Crippen LogP contribution in [0.5, 0.6) is 11.5 Å². The number of nitrogens with zero attached hydrogens (tertiary/aromatic N) is 5. The number of aryl methyl sites for hydroxylation is 2. The topological polar surface area (TPSA) is 117 Å². The molecule has 0 fully saturated rings. The van der Waals surface area contributed by atoms with Crippen LogP contribution < -0.4 is 10.1 Å². The molecule has 2 aromatic carbocycles. The van der Waals surface area contributed by atoms with Crippen molar-refractivity contribution in [1.82, 2.24) is 19.6 Å². The summed E-state index contributed by atoms with van der Waals surface area (Å²) < 4.78 is 9.04. The molecular weight excluding hydrogens is 495 g/mol. The lowest BCUT2D eigenvalue weighted by Crippen LogP contribution is -2.16. The first kappa shape index (κ1) is 24.2. The molecule has 0 radical (unpaired) electrons. The minimum atomic E-state index is -0.564. The van der Waals surface area contributed by atoms with Crippen molar-refractivity contribution in [3.63, 3.8) is 0 Å². The molecule has 0 atom stereocenters. The number of hydrogen-bond acceptors (Lipinski definition) is 6. The largest absolute Gasteiger partial charge is 0.457 e. The van der Waals surface area contributed by atoms with Gasteiger partial charge in [0.25, 0.3) is 11.6 Å². The lowest BCUT2D eigenvalue weighted by Gasteiger charge is -2.11. The van der Waals surface area contributed by atoms with E-state index in [0.717, 1.165) is 11.3 Å². The van der Waals surface area contributed by atoms with Gasteiger partial charge >= 0.3 is 0 Å². The highest BCUT2D eigenvalue weighted by Gasteiger charge is 2.17. The molecule has 0 saturated heterocycles. The third-order valence-corrected chi connectivity index (χ3v) is 5.95. The first-order valence-corrected chi connectivity index (χ1v) is 11.1. The predicted octanol–water partition coefficient (Wildman–Crippen LogP) is 5.77. The Balaban J connectivity index is 1.53. The Labute approximate surface area is 210 Å². The quantitative estimate of drug-likeness (QED) is 0.247. The number of amides is 1. The molecule has 35 heavy (non-hydrogen) atoms. The maximum Gasteiger partial charge on any atom is 0.276 e. The lowest BCUT2D eigenvalue weighted by atomic mass is 10.2. The highest BCUT2D eigenvalue weighted by molar-refractivity contribution is 6.31. The van der Waals surface area contributed by atoms with Gasteiger partial charge in [-0.2, -0.15) is 10.2 Å². The number of carbonyl (C=O) groups is 1. The number of benzene rings is 2.